The molecule has 0 fully saturated rings. The molecule has 3 aromatic rings. The van der Waals surface area contributed by atoms with Crippen LogP contribution in [0.2, 0.25) is 0 Å². The number of rotatable bonds is 3. The Morgan fingerprint density at radius 2 is 1.76 bits per heavy atom. The zero-order valence-corrected chi connectivity index (χ0v) is 14.2. The van der Waals surface area contributed by atoms with Crippen molar-refractivity contribution in [1.29, 1.82) is 0 Å². The maximum atomic E-state index is 12.8. The van der Waals surface area contributed by atoms with Crippen LogP contribution in [0.4, 0.5) is 0 Å². The van der Waals surface area contributed by atoms with Crippen molar-refractivity contribution < 1.29 is 18.7 Å². The van der Waals surface area contributed by atoms with E-state index in [-0.39, 0.29) is 5.91 Å². The van der Waals surface area contributed by atoms with Gasteiger partial charge in [0.2, 0.25) is 0 Å². The number of furan rings is 1. The average Bonchev–Trinajstić information content (AvgIpc) is 3.10. The molecule has 1 amide bonds. The summed E-state index contributed by atoms with van der Waals surface area (Å²) in [5.41, 5.74) is 2.99. The quantitative estimate of drug-likeness (QED) is 0.732. The molecule has 0 saturated carbocycles. The highest BCUT2D eigenvalue weighted by Crippen LogP contribution is 2.33. The van der Waals surface area contributed by atoms with Crippen LogP contribution in [0.15, 0.2) is 46.9 Å². The van der Waals surface area contributed by atoms with E-state index >= 15 is 0 Å². The SMILES string of the molecule is COc1cc2c(cc1OC)CN(C(=O)c1cc3ccccc3o1)CC2. The minimum Gasteiger partial charge on any atom is -0.493 e. The highest BCUT2D eigenvalue weighted by Gasteiger charge is 2.25. The molecule has 0 unspecified atom stereocenters. The number of carbonyl (C=O) groups is 1. The highest BCUT2D eigenvalue weighted by molar-refractivity contribution is 5.96. The average molecular weight is 337 g/mol. The largest absolute Gasteiger partial charge is 0.493 e. The summed E-state index contributed by atoms with van der Waals surface area (Å²) in [6.45, 7) is 1.18. The van der Waals surface area contributed by atoms with Crippen molar-refractivity contribution in [2.24, 2.45) is 0 Å². The molecule has 0 N–H and O–H groups in total. The second-order valence-corrected chi connectivity index (χ2v) is 6.10. The summed E-state index contributed by atoms with van der Waals surface area (Å²) in [4.78, 5) is 14.6. The highest BCUT2D eigenvalue weighted by atomic mass is 16.5. The molecular weight excluding hydrogens is 318 g/mol. The van der Waals surface area contributed by atoms with Crippen molar-refractivity contribution >= 4 is 16.9 Å². The summed E-state index contributed by atoms with van der Waals surface area (Å²) in [7, 11) is 3.24. The van der Waals surface area contributed by atoms with Crippen LogP contribution in [-0.2, 0) is 13.0 Å². The smallest absolute Gasteiger partial charge is 0.289 e. The van der Waals surface area contributed by atoms with Gasteiger partial charge in [-0.2, -0.15) is 0 Å². The van der Waals surface area contributed by atoms with Crippen LogP contribution < -0.4 is 9.47 Å². The zero-order chi connectivity index (χ0) is 17.4. The third-order valence-electron chi connectivity index (χ3n) is 4.64. The van der Waals surface area contributed by atoms with Gasteiger partial charge < -0.3 is 18.8 Å². The molecule has 1 aliphatic heterocycles. The van der Waals surface area contributed by atoms with Gasteiger partial charge in [-0.05, 0) is 41.8 Å². The van der Waals surface area contributed by atoms with Gasteiger partial charge in [0.1, 0.15) is 5.58 Å². The molecular formula is C20H19NO4. The predicted octanol–water partition coefficient (Wildman–Crippen LogP) is 3.65. The third-order valence-corrected chi connectivity index (χ3v) is 4.64. The number of nitrogens with zero attached hydrogens (tertiary/aromatic N) is 1. The second-order valence-electron chi connectivity index (χ2n) is 6.10. The summed E-state index contributed by atoms with van der Waals surface area (Å²) in [6, 6.07) is 13.4. The molecule has 1 aromatic heterocycles. The number of amides is 1. The van der Waals surface area contributed by atoms with E-state index in [9.17, 15) is 4.79 Å². The third kappa shape index (κ3) is 2.71. The number of fused-ring (bicyclic) bond motifs is 2. The molecule has 0 saturated heterocycles. The fourth-order valence-corrected chi connectivity index (χ4v) is 3.30. The van der Waals surface area contributed by atoms with Gasteiger partial charge in [0.05, 0.1) is 14.2 Å². The molecule has 0 atom stereocenters. The van der Waals surface area contributed by atoms with E-state index in [1.54, 1.807) is 14.2 Å². The summed E-state index contributed by atoms with van der Waals surface area (Å²) in [5.74, 6) is 1.69. The molecule has 5 heteroatoms. The van der Waals surface area contributed by atoms with Gasteiger partial charge in [-0.3, -0.25) is 4.79 Å². The van der Waals surface area contributed by atoms with Gasteiger partial charge in [0.25, 0.3) is 5.91 Å². The van der Waals surface area contributed by atoms with E-state index < -0.39 is 0 Å². The monoisotopic (exact) mass is 337 g/mol. The number of hydrogen-bond acceptors (Lipinski definition) is 4. The van der Waals surface area contributed by atoms with Crippen molar-refractivity contribution in [3.8, 4) is 11.5 Å². The van der Waals surface area contributed by atoms with Gasteiger partial charge >= 0.3 is 0 Å². The molecule has 25 heavy (non-hydrogen) atoms. The predicted molar refractivity (Wildman–Crippen MR) is 94.2 cm³/mol. The molecule has 4 rings (SSSR count). The number of para-hydroxylation sites is 1. The summed E-state index contributed by atoms with van der Waals surface area (Å²) >= 11 is 0. The number of methoxy groups -OCH3 is 2. The minimum atomic E-state index is -0.0864. The Hall–Kier alpha value is -2.95. The molecule has 128 valence electrons. The van der Waals surface area contributed by atoms with E-state index in [2.05, 4.69) is 0 Å². The fraction of sp³-hybridized carbons (Fsp3) is 0.250. The lowest BCUT2D eigenvalue weighted by atomic mass is 9.98. The molecule has 2 heterocycles. The fourth-order valence-electron chi connectivity index (χ4n) is 3.30. The van der Waals surface area contributed by atoms with Crippen molar-refractivity contribution in [3.05, 3.63) is 59.4 Å². The van der Waals surface area contributed by atoms with Crippen LogP contribution in [-0.4, -0.2) is 31.6 Å². The lowest BCUT2D eigenvalue weighted by molar-refractivity contribution is 0.0704. The number of carbonyl (C=O) groups excluding carboxylic acids is 1. The van der Waals surface area contributed by atoms with Gasteiger partial charge in [0.15, 0.2) is 17.3 Å². The van der Waals surface area contributed by atoms with Crippen LogP contribution in [0.5, 0.6) is 11.5 Å². The molecule has 5 nitrogen and oxygen atoms in total. The molecule has 0 aliphatic carbocycles. The minimum absolute atomic E-state index is 0.0864. The van der Waals surface area contributed by atoms with E-state index in [1.165, 1.54) is 5.56 Å². The standard InChI is InChI=1S/C20H19NO4/c1-23-17-9-13-7-8-21(12-15(13)11-18(17)24-2)20(22)19-10-14-5-3-4-6-16(14)25-19/h3-6,9-11H,7-8,12H2,1-2H3. The zero-order valence-electron chi connectivity index (χ0n) is 14.2. The Morgan fingerprint density at radius 1 is 1.04 bits per heavy atom. The first-order valence-electron chi connectivity index (χ1n) is 8.21. The van der Waals surface area contributed by atoms with Gasteiger partial charge in [-0.1, -0.05) is 18.2 Å². The molecule has 0 bridgehead atoms. The van der Waals surface area contributed by atoms with Crippen molar-refractivity contribution in [2.75, 3.05) is 20.8 Å². The normalized spacial score (nSPS) is 13.6. The van der Waals surface area contributed by atoms with Crippen molar-refractivity contribution in [3.63, 3.8) is 0 Å². The van der Waals surface area contributed by atoms with Crippen LogP contribution >= 0.6 is 0 Å². The van der Waals surface area contributed by atoms with E-state index in [4.69, 9.17) is 13.9 Å². The molecule has 1 aliphatic rings. The Labute approximate surface area is 145 Å². The Balaban J connectivity index is 1.62. The van der Waals surface area contributed by atoms with E-state index in [0.717, 1.165) is 28.7 Å². The Kier molecular flexibility index (Phi) is 3.84. The molecule has 0 spiro atoms. The topological polar surface area (TPSA) is 51.9 Å². The first kappa shape index (κ1) is 15.6. The van der Waals surface area contributed by atoms with Crippen LogP contribution in [0.1, 0.15) is 21.7 Å². The number of ether oxygens (including phenoxy) is 2. The van der Waals surface area contributed by atoms with Crippen molar-refractivity contribution in [1.82, 2.24) is 4.90 Å². The number of benzene rings is 2. The maximum Gasteiger partial charge on any atom is 0.289 e. The van der Waals surface area contributed by atoms with Crippen molar-refractivity contribution in [2.45, 2.75) is 13.0 Å². The lowest BCUT2D eigenvalue weighted by Crippen LogP contribution is -2.35. The molecule has 2 aromatic carbocycles. The first-order chi connectivity index (χ1) is 12.2. The van der Waals surface area contributed by atoms with Gasteiger partial charge in [0, 0.05) is 18.5 Å². The summed E-state index contributed by atoms with van der Waals surface area (Å²) in [6.07, 6.45) is 0.779. The van der Waals surface area contributed by atoms with Crippen LogP contribution in [0, 0.1) is 0 Å². The van der Waals surface area contributed by atoms with Gasteiger partial charge in [-0.15, -0.1) is 0 Å². The van der Waals surface area contributed by atoms with E-state index in [0.29, 0.717) is 24.6 Å². The van der Waals surface area contributed by atoms with E-state index in [1.807, 2.05) is 47.4 Å². The Bertz CT molecular complexity index is 911. The van der Waals surface area contributed by atoms with Crippen LogP contribution in [0.25, 0.3) is 11.0 Å². The first-order valence-corrected chi connectivity index (χ1v) is 8.21. The summed E-state index contributed by atoms with van der Waals surface area (Å²) < 4.78 is 16.5. The second kappa shape index (κ2) is 6.16. The summed E-state index contributed by atoms with van der Waals surface area (Å²) in [5, 5.41) is 0.940. The Morgan fingerprint density at radius 3 is 2.48 bits per heavy atom. The maximum absolute atomic E-state index is 12.8. The molecule has 0 radical (unpaired) electrons. The lowest BCUT2D eigenvalue weighted by Gasteiger charge is -2.29. The number of hydrogen-bond donors (Lipinski definition) is 0. The van der Waals surface area contributed by atoms with Gasteiger partial charge in [-0.25, -0.2) is 0 Å². The van der Waals surface area contributed by atoms with Crippen LogP contribution in [0.3, 0.4) is 0 Å².